The average molecular weight is 310 g/mol. The third-order valence-electron chi connectivity index (χ3n) is 4.64. The van der Waals surface area contributed by atoms with Crippen molar-refractivity contribution in [3.63, 3.8) is 0 Å². The van der Waals surface area contributed by atoms with Crippen molar-refractivity contribution in [2.45, 2.75) is 50.7 Å². The smallest absolute Gasteiger partial charge is 0.126 e. The molecule has 1 aromatic rings. The molecule has 2 nitrogen and oxygen atoms in total. The van der Waals surface area contributed by atoms with Gasteiger partial charge in [-0.3, -0.25) is 0 Å². The van der Waals surface area contributed by atoms with Crippen LogP contribution in [-0.2, 0) is 0 Å². The van der Waals surface area contributed by atoms with Crippen molar-refractivity contribution in [2.75, 3.05) is 0 Å². The van der Waals surface area contributed by atoms with Crippen molar-refractivity contribution in [1.29, 1.82) is 0 Å². The zero-order valence-corrected chi connectivity index (χ0v) is 12.4. The molecule has 0 radical (unpaired) electrons. The maximum atomic E-state index is 6.41. The van der Waals surface area contributed by atoms with Crippen molar-refractivity contribution in [1.82, 2.24) is 0 Å². The number of hydrogen-bond acceptors (Lipinski definition) is 2. The lowest BCUT2D eigenvalue weighted by Gasteiger charge is -2.47. The van der Waals surface area contributed by atoms with Gasteiger partial charge in [0.25, 0.3) is 0 Å². The predicted molar refractivity (Wildman–Crippen MR) is 76.7 cm³/mol. The molecule has 3 heteroatoms. The molecule has 3 rings (SSSR count). The molecule has 0 amide bonds. The fourth-order valence-electron chi connectivity index (χ4n) is 3.48. The standard InChI is InChI=1S/C15H20BrNO/c1-10-4-2-3-7-15(10)9-13(17)12-6-5-11(16)8-14(12)18-15/h5-6,8,10,13H,2-4,7,9,17H2,1H3/t10?,13-,15?/m1/s1. The Morgan fingerprint density at radius 2 is 2.22 bits per heavy atom. The topological polar surface area (TPSA) is 35.2 Å². The number of hydrogen-bond donors (Lipinski definition) is 1. The van der Waals surface area contributed by atoms with Gasteiger partial charge in [-0.15, -0.1) is 0 Å². The van der Waals surface area contributed by atoms with Crippen LogP contribution in [0, 0.1) is 5.92 Å². The molecule has 1 aliphatic heterocycles. The Hall–Kier alpha value is -0.540. The summed E-state index contributed by atoms with van der Waals surface area (Å²) < 4.78 is 7.48. The molecule has 1 heterocycles. The predicted octanol–water partition coefficient (Wildman–Crippen LogP) is 4.18. The summed E-state index contributed by atoms with van der Waals surface area (Å²) in [7, 11) is 0. The minimum atomic E-state index is -0.0224. The van der Waals surface area contributed by atoms with Gasteiger partial charge in [-0.1, -0.05) is 35.3 Å². The molecule has 1 spiro atoms. The summed E-state index contributed by atoms with van der Waals surface area (Å²) in [4.78, 5) is 0. The summed E-state index contributed by atoms with van der Waals surface area (Å²) in [5, 5.41) is 0. The monoisotopic (exact) mass is 309 g/mol. The van der Waals surface area contributed by atoms with E-state index in [0.717, 1.165) is 28.6 Å². The number of fused-ring (bicyclic) bond motifs is 1. The van der Waals surface area contributed by atoms with Crippen LogP contribution < -0.4 is 10.5 Å². The maximum Gasteiger partial charge on any atom is 0.126 e. The lowest BCUT2D eigenvalue weighted by molar-refractivity contribution is -0.0407. The van der Waals surface area contributed by atoms with Crippen molar-refractivity contribution in [3.8, 4) is 5.75 Å². The van der Waals surface area contributed by atoms with Gasteiger partial charge in [-0.05, 0) is 37.3 Å². The highest BCUT2D eigenvalue weighted by Crippen LogP contribution is 2.48. The molecule has 0 saturated heterocycles. The second-order valence-electron chi connectivity index (χ2n) is 5.81. The van der Waals surface area contributed by atoms with Crippen LogP contribution in [0.5, 0.6) is 5.75 Å². The second kappa shape index (κ2) is 4.53. The zero-order valence-electron chi connectivity index (χ0n) is 10.8. The summed E-state index contributed by atoms with van der Waals surface area (Å²) in [5.41, 5.74) is 7.50. The highest BCUT2D eigenvalue weighted by Gasteiger charge is 2.45. The van der Waals surface area contributed by atoms with Crippen LogP contribution in [0.2, 0.25) is 0 Å². The Morgan fingerprint density at radius 3 is 3.00 bits per heavy atom. The minimum absolute atomic E-state index is 0.0224. The number of ether oxygens (including phenoxy) is 1. The number of benzene rings is 1. The van der Waals surface area contributed by atoms with E-state index in [2.05, 4.69) is 35.0 Å². The maximum absolute atomic E-state index is 6.41. The molecule has 0 aromatic heterocycles. The van der Waals surface area contributed by atoms with E-state index in [1.54, 1.807) is 0 Å². The summed E-state index contributed by atoms with van der Waals surface area (Å²) in [5.74, 6) is 1.58. The molecule has 18 heavy (non-hydrogen) atoms. The lowest BCUT2D eigenvalue weighted by Crippen LogP contribution is -2.49. The van der Waals surface area contributed by atoms with E-state index in [0.29, 0.717) is 5.92 Å². The van der Waals surface area contributed by atoms with Gasteiger partial charge >= 0.3 is 0 Å². The highest BCUT2D eigenvalue weighted by molar-refractivity contribution is 9.10. The SMILES string of the molecule is CC1CCCCC12C[C@@H](N)c1ccc(Br)cc1O2. The first-order valence-electron chi connectivity index (χ1n) is 6.85. The molecule has 2 aliphatic rings. The Morgan fingerprint density at radius 1 is 1.39 bits per heavy atom. The Bertz CT molecular complexity index is 462. The molecule has 98 valence electrons. The molecule has 1 fully saturated rings. The van der Waals surface area contributed by atoms with E-state index in [4.69, 9.17) is 10.5 Å². The van der Waals surface area contributed by atoms with Crippen LogP contribution in [0.4, 0.5) is 0 Å². The average Bonchev–Trinajstić information content (AvgIpc) is 2.32. The van der Waals surface area contributed by atoms with Crippen LogP contribution in [0.1, 0.15) is 50.6 Å². The zero-order chi connectivity index (χ0) is 12.8. The first-order chi connectivity index (χ1) is 8.61. The second-order valence-corrected chi connectivity index (χ2v) is 6.72. The molecule has 3 atom stereocenters. The van der Waals surface area contributed by atoms with E-state index < -0.39 is 0 Å². The Labute approximate surface area is 117 Å². The van der Waals surface area contributed by atoms with Crippen LogP contribution in [0.25, 0.3) is 0 Å². The minimum Gasteiger partial charge on any atom is -0.487 e. The van der Waals surface area contributed by atoms with E-state index in [-0.39, 0.29) is 11.6 Å². The Kier molecular flexibility index (Phi) is 3.15. The summed E-state index contributed by atoms with van der Waals surface area (Å²) in [6, 6.07) is 6.31. The van der Waals surface area contributed by atoms with Crippen molar-refractivity contribution in [3.05, 3.63) is 28.2 Å². The molecule has 1 saturated carbocycles. The van der Waals surface area contributed by atoms with Gasteiger partial charge in [0.15, 0.2) is 0 Å². The summed E-state index contributed by atoms with van der Waals surface area (Å²) in [6.45, 7) is 2.31. The van der Waals surface area contributed by atoms with E-state index in [9.17, 15) is 0 Å². The normalized spacial score (nSPS) is 35.1. The van der Waals surface area contributed by atoms with Gasteiger partial charge in [0.1, 0.15) is 11.4 Å². The Balaban J connectivity index is 1.99. The fourth-order valence-corrected chi connectivity index (χ4v) is 3.82. The number of halogens is 1. The summed E-state index contributed by atoms with van der Waals surface area (Å²) >= 11 is 3.52. The lowest BCUT2D eigenvalue weighted by atomic mass is 9.71. The third-order valence-corrected chi connectivity index (χ3v) is 5.13. The number of nitrogens with two attached hydrogens (primary N) is 1. The first kappa shape index (κ1) is 12.5. The van der Waals surface area contributed by atoms with E-state index in [1.165, 1.54) is 19.3 Å². The molecule has 1 aliphatic carbocycles. The van der Waals surface area contributed by atoms with Gasteiger partial charge in [-0.2, -0.15) is 0 Å². The number of rotatable bonds is 0. The van der Waals surface area contributed by atoms with Gasteiger partial charge in [0.2, 0.25) is 0 Å². The molecule has 0 bridgehead atoms. The van der Waals surface area contributed by atoms with Gasteiger partial charge in [0.05, 0.1) is 0 Å². The van der Waals surface area contributed by atoms with Gasteiger partial charge in [0, 0.05) is 22.5 Å². The molecular formula is C15H20BrNO. The molecular weight excluding hydrogens is 290 g/mol. The highest BCUT2D eigenvalue weighted by atomic mass is 79.9. The van der Waals surface area contributed by atoms with Crippen LogP contribution in [-0.4, -0.2) is 5.60 Å². The fraction of sp³-hybridized carbons (Fsp3) is 0.600. The first-order valence-corrected chi connectivity index (χ1v) is 7.64. The molecule has 2 N–H and O–H groups in total. The van der Waals surface area contributed by atoms with Gasteiger partial charge in [-0.25, -0.2) is 0 Å². The quantitative estimate of drug-likeness (QED) is 0.780. The molecule has 2 unspecified atom stereocenters. The van der Waals surface area contributed by atoms with Crippen molar-refractivity contribution in [2.24, 2.45) is 11.7 Å². The van der Waals surface area contributed by atoms with E-state index >= 15 is 0 Å². The van der Waals surface area contributed by atoms with Crippen molar-refractivity contribution >= 4 is 15.9 Å². The van der Waals surface area contributed by atoms with Crippen LogP contribution >= 0.6 is 15.9 Å². The van der Waals surface area contributed by atoms with Gasteiger partial charge < -0.3 is 10.5 Å². The van der Waals surface area contributed by atoms with Crippen molar-refractivity contribution < 1.29 is 4.74 Å². The van der Waals surface area contributed by atoms with Crippen LogP contribution in [0.3, 0.4) is 0 Å². The third kappa shape index (κ3) is 1.97. The molecule has 1 aromatic carbocycles. The largest absolute Gasteiger partial charge is 0.487 e. The summed E-state index contributed by atoms with van der Waals surface area (Å²) in [6.07, 6.45) is 5.96. The van der Waals surface area contributed by atoms with Crippen LogP contribution in [0.15, 0.2) is 22.7 Å². The van der Waals surface area contributed by atoms with E-state index in [1.807, 2.05) is 6.07 Å².